The van der Waals surface area contributed by atoms with Crippen molar-refractivity contribution in [2.24, 2.45) is 5.41 Å². The molecule has 1 spiro atoms. The van der Waals surface area contributed by atoms with Gasteiger partial charge in [-0.2, -0.15) is 0 Å². The van der Waals surface area contributed by atoms with Crippen molar-refractivity contribution >= 4 is 10.9 Å². The maximum Gasteiger partial charge on any atom is 0.127 e. The van der Waals surface area contributed by atoms with Crippen LogP contribution in [-0.2, 0) is 13.1 Å². The zero-order valence-corrected chi connectivity index (χ0v) is 16.9. The van der Waals surface area contributed by atoms with Crippen molar-refractivity contribution in [2.75, 3.05) is 26.2 Å². The van der Waals surface area contributed by atoms with Crippen molar-refractivity contribution in [3.05, 3.63) is 77.7 Å². The maximum absolute atomic E-state index is 14.1. The number of para-hydroxylation sites is 1. The zero-order valence-electron chi connectivity index (χ0n) is 16.9. The molecule has 2 fully saturated rings. The smallest absolute Gasteiger partial charge is 0.127 e. The molecule has 2 saturated heterocycles. The van der Waals surface area contributed by atoms with E-state index in [1.54, 1.807) is 12.1 Å². The first-order chi connectivity index (χ1) is 14.2. The second kappa shape index (κ2) is 7.85. The van der Waals surface area contributed by atoms with Crippen LogP contribution in [0, 0.1) is 11.2 Å². The molecular weight excluding hydrogens is 361 g/mol. The number of halogens is 1. The first-order valence-electron chi connectivity index (χ1n) is 10.7. The lowest BCUT2D eigenvalue weighted by molar-refractivity contribution is 0.0858. The first kappa shape index (κ1) is 18.7. The number of benzene rings is 2. The van der Waals surface area contributed by atoms with E-state index in [0.717, 1.165) is 50.3 Å². The van der Waals surface area contributed by atoms with Crippen LogP contribution in [0.15, 0.2) is 60.8 Å². The van der Waals surface area contributed by atoms with Gasteiger partial charge in [0, 0.05) is 43.3 Å². The second-order valence-corrected chi connectivity index (χ2v) is 8.86. The molecule has 1 aromatic heterocycles. The summed E-state index contributed by atoms with van der Waals surface area (Å²) in [5.74, 6) is -0.0800. The van der Waals surface area contributed by atoms with Crippen LogP contribution in [0.2, 0.25) is 0 Å². The minimum atomic E-state index is -0.0800. The van der Waals surface area contributed by atoms with Gasteiger partial charge in [-0.3, -0.25) is 14.8 Å². The topological polar surface area (TPSA) is 19.4 Å². The quantitative estimate of drug-likeness (QED) is 0.635. The molecule has 2 aliphatic heterocycles. The number of rotatable bonds is 4. The molecule has 0 N–H and O–H groups in total. The Bertz CT molecular complexity index is 999. The number of hydrogen-bond donors (Lipinski definition) is 0. The van der Waals surface area contributed by atoms with Crippen LogP contribution in [0.3, 0.4) is 0 Å². The van der Waals surface area contributed by atoms with Crippen LogP contribution in [0.4, 0.5) is 4.39 Å². The normalized spacial score (nSPS) is 23.2. The minimum absolute atomic E-state index is 0.0800. The van der Waals surface area contributed by atoms with Crippen LogP contribution in [0.25, 0.3) is 10.9 Å². The number of nitrogens with zero attached hydrogens (tertiary/aromatic N) is 3. The third kappa shape index (κ3) is 3.92. The summed E-state index contributed by atoms with van der Waals surface area (Å²) < 4.78 is 14.1. The third-order valence-electron chi connectivity index (χ3n) is 6.72. The van der Waals surface area contributed by atoms with Crippen molar-refractivity contribution < 1.29 is 4.39 Å². The van der Waals surface area contributed by atoms with Gasteiger partial charge in [-0.15, -0.1) is 0 Å². The number of pyridine rings is 1. The van der Waals surface area contributed by atoms with Gasteiger partial charge in [-0.05, 0) is 55.5 Å². The molecule has 3 nitrogen and oxygen atoms in total. The van der Waals surface area contributed by atoms with Crippen molar-refractivity contribution in [2.45, 2.75) is 32.4 Å². The largest absolute Gasteiger partial charge is 0.298 e. The van der Waals surface area contributed by atoms with Crippen molar-refractivity contribution in [1.29, 1.82) is 0 Å². The Morgan fingerprint density at radius 3 is 2.48 bits per heavy atom. The highest BCUT2D eigenvalue weighted by Gasteiger charge is 2.41. The molecule has 2 aliphatic rings. The summed E-state index contributed by atoms with van der Waals surface area (Å²) >= 11 is 0. The molecule has 29 heavy (non-hydrogen) atoms. The maximum atomic E-state index is 14.1. The minimum Gasteiger partial charge on any atom is -0.298 e. The molecule has 0 saturated carbocycles. The van der Waals surface area contributed by atoms with Gasteiger partial charge in [-0.1, -0.05) is 42.5 Å². The average molecular weight is 390 g/mol. The number of hydrogen-bond acceptors (Lipinski definition) is 3. The summed E-state index contributed by atoms with van der Waals surface area (Å²) in [5, 5.41) is 1.22. The van der Waals surface area contributed by atoms with Crippen LogP contribution in [0.1, 0.15) is 30.4 Å². The highest BCUT2D eigenvalue weighted by molar-refractivity contribution is 5.81. The van der Waals surface area contributed by atoms with Gasteiger partial charge in [0.1, 0.15) is 5.82 Å². The van der Waals surface area contributed by atoms with E-state index in [-0.39, 0.29) is 5.82 Å². The van der Waals surface area contributed by atoms with Crippen molar-refractivity contribution in [3.8, 4) is 0 Å². The van der Waals surface area contributed by atoms with E-state index in [2.05, 4.69) is 39.0 Å². The van der Waals surface area contributed by atoms with Crippen LogP contribution in [0.5, 0.6) is 0 Å². The van der Waals surface area contributed by atoms with E-state index in [9.17, 15) is 4.39 Å². The van der Waals surface area contributed by atoms with Crippen LogP contribution in [-0.4, -0.2) is 41.0 Å². The fourth-order valence-electron chi connectivity index (χ4n) is 5.34. The number of likely N-dealkylation sites (tertiary alicyclic amines) is 2. The van der Waals surface area contributed by atoms with Crippen molar-refractivity contribution in [1.82, 2.24) is 14.8 Å². The number of piperidine rings is 1. The molecule has 150 valence electrons. The van der Waals surface area contributed by atoms with Gasteiger partial charge >= 0.3 is 0 Å². The fraction of sp³-hybridized carbons (Fsp3) is 0.400. The van der Waals surface area contributed by atoms with Gasteiger partial charge < -0.3 is 0 Å². The highest BCUT2D eigenvalue weighted by atomic mass is 19.1. The van der Waals surface area contributed by atoms with E-state index in [4.69, 9.17) is 0 Å². The predicted molar refractivity (Wildman–Crippen MR) is 115 cm³/mol. The Labute approximate surface area is 172 Å². The zero-order chi connectivity index (χ0) is 19.7. The lowest BCUT2D eigenvalue weighted by atomic mass is 9.79. The van der Waals surface area contributed by atoms with Gasteiger partial charge in [-0.25, -0.2) is 4.39 Å². The van der Waals surface area contributed by atoms with E-state index in [0.29, 0.717) is 5.41 Å². The summed E-state index contributed by atoms with van der Waals surface area (Å²) in [6.45, 7) is 6.10. The highest BCUT2D eigenvalue weighted by Crippen LogP contribution is 2.40. The van der Waals surface area contributed by atoms with Crippen LogP contribution < -0.4 is 0 Å². The standard InChI is InChI=1S/C25H28FN3/c26-23-10-2-1-6-21(23)16-28-14-5-11-25(18-28)12-15-29(19-25)17-22-8-3-7-20-9-4-13-27-24(20)22/h1-4,6-10,13H,5,11-12,14-19H2. The molecule has 0 bridgehead atoms. The average Bonchev–Trinajstić information content (AvgIpc) is 3.11. The second-order valence-electron chi connectivity index (χ2n) is 8.86. The molecule has 5 rings (SSSR count). The van der Waals surface area contributed by atoms with Crippen molar-refractivity contribution in [3.63, 3.8) is 0 Å². The third-order valence-corrected chi connectivity index (χ3v) is 6.72. The van der Waals surface area contributed by atoms with Gasteiger partial charge in [0.15, 0.2) is 0 Å². The molecule has 1 atom stereocenters. The Hall–Kier alpha value is -2.30. The van der Waals surface area contributed by atoms with E-state index in [1.165, 1.54) is 30.2 Å². The van der Waals surface area contributed by atoms with E-state index < -0.39 is 0 Å². The first-order valence-corrected chi connectivity index (χ1v) is 10.7. The SMILES string of the molecule is Fc1ccccc1CN1CCCC2(CCN(Cc3cccc4cccnc34)C2)C1. The molecule has 0 amide bonds. The summed E-state index contributed by atoms with van der Waals surface area (Å²) in [6.07, 6.45) is 5.61. The molecule has 0 aliphatic carbocycles. The molecule has 3 aromatic rings. The van der Waals surface area contributed by atoms with Crippen LogP contribution >= 0.6 is 0 Å². The summed E-state index contributed by atoms with van der Waals surface area (Å²) in [6, 6.07) is 17.8. The molecule has 4 heteroatoms. The van der Waals surface area contributed by atoms with E-state index >= 15 is 0 Å². The Morgan fingerprint density at radius 2 is 1.59 bits per heavy atom. The lowest BCUT2D eigenvalue weighted by Gasteiger charge is -2.40. The summed E-state index contributed by atoms with van der Waals surface area (Å²) in [5.41, 5.74) is 3.61. The summed E-state index contributed by atoms with van der Waals surface area (Å²) in [4.78, 5) is 9.68. The molecule has 2 aromatic carbocycles. The number of fused-ring (bicyclic) bond motifs is 1. The Morgan fingerprint density at radius 1 is 0.828 bits per heavy atom. The number of aromatic nitrogens is 1. The molecular formula is C25H28FN3. The molecule has 0 radical (unpaired) electrons. The van der Waals surface area contributed by atoms with Gasteiger partial charge in [0.2, 0.25) is 0 Å². The molecule has 1 unspecified atom stereocenters. The van der Waals surface area contributed by atoms with E-state index in [1.807, 2.05) is 24.4 Å². The fourth-order valence-corrected chi connectivity index (χ4v) is 5.34. The summed E-state index contributed by atoms with van der Waals surface area (Å²) in [7, 11) is 0. The Balaban J connectivity index is 1.27. The lowest BCUT2D eigenvalue weighted by Crippen LogP contribution is -2.44. The Kier molecular flexibility index (Phi) is 5.06. The molecule has 3 heterocycles. The van der Waals surface area contributed by atoms with Gasteiger partial charge in [0.05, 0.1) is 5.52 Å². The van der Waals surface area contributed by atoms with Gasteiger partial charge in [0.25, 0.3) is 0 Å². The monoisotopic (exact) mass is 389 g/mol. The predicted octanol–water partition coefficient (Wildman–Crippen LogP) is 4.86.